The van der Waals surface area contributed by atoms with Crippen LogP contribution in [0.4, 0.5) is 4.39 Å². The lowest BCUT2D eigenvalue weighted by atomic mass is 10.2. The van der Waals surface area contributed by atoms with Crippen LogP contribution in [-0.4, -0.2) is 62.0 Å². The minimum absolute atomic E-state index is 0.00300. The Morgan fingerprint density at radius 1 is 1.21 bits per heavy atom. The molecule has 0 bridgehead atoms. The summed E-state index contributed by atoms with van der Waals surface area (Å²) in [5.74, 6) is 0.164. The van der Waals surface area contributed by atoms with Gasteiger partial charge in [-0.25, -0.2) is 17.5 Å². The van der Waals surface area contributed by atoms with Crippen molar-refractivity contribution in [2.45, 2.75) is 24.8 Å². The molecule has 1 saturated heterocycles. The first-order valence-electron chi connectivity index (χ1n) is 9.01. The van der Waals surface area contributed by atoms with E-state index in [1.54, 1.807) is 4.90 Å². The van der Waals surface area contributed by atoms with Gasteiger partial charge in [0.2, 0.25) is 15.9 Å². The number of aryl methyl sites for hydroxylation is 1. The molecule has 0 aliphatic carbocycles. The number of hydrogen-bond donors (Lipinski definition) is 1. The zero-order chi connectivity index (χ0) is 20.1. The summed E-state index contributed by atoms with van der Waals surface area (Å²) in [5.41, 5.74) is 0.868. The summed E-state index contributed by atoms with van der Waals surface area (Å²) in [5, 5.41) is 3.97. The highest BCUT2D eigenvalue weighted by molar-refractivity contribution is 7.89. The highest BCUT2D eigenvalue weighted by Crippen LogP contribution is 2.11. The number of nitrogens with one attached hydrogen (secondary N) is 1. The van der Waals surface area contributed by atoms with E-state index >= 15 is 0 Å². The van der Waals surface area contributed by atoms with Gasteiger partial charge in [-0.2, -0.15) is 0 Å². The van der Waals surface area contributed by atoms with Crippen LogP contribution in [0.3, 0.4) is 0 Å². The first-order chi connectivity index (χ1) is 13.3. The molecule has 152 valence electrons. The molecule has 1 fully saturated rings. The van der Waals surface area contributed by atoms with Gasteiger partial charge in [-0.05, 0) is 31.2 Å². The Bertz CT molecular complexity index is 906. The minimum Gasteiger partial charge on any atom is -0.361 e. The second-order valence-electron chi connectivity index (χ2n) is 6.69. The molecule has 0 saturated carbocycles. The Kier molecular flexibility index (Phi) is 6.42. The summed E-state index contributed by atoms with van der Waals surface area (Å²) in [6.45, 7) is 5.13. The SMILES string of the molecule is Cc1cc(CN2CCN(C(=O)CCNS(=O)(=O)c3ccc(F)cc3)CC2)no1. The van der Waals surface area contributed by atoms with E-state index < -0.39 is 15.8 Å². The summed E-state index contributed by atoms with van der Waals surface area (Å²) >= 11 is 0. The van der Waals surface area contributed by atoms with Crippen LogP contribution >= 0.6 is 0 Å². The fourth-order valence-electron chi connectivity index (χ4n) is 3.02. The molecule has 8 nitrogen and oxygen atoms in total. The zero-order valence-corrected chi connectivity index (χ0v) is 16.4. The van der Waals surface area contributed by atoms with Crippen molar-refractivity contribution in [1.82, 2.24) is 19.7 Å². The highest BCUT2D eigenvalue weighted by atomic mass is 32.2. The molecular weight excluding hydrogens is 387 g/mol. The maximum atomic E-state index is 12.9. The number of carbonyl (C=O) groups excluding carboxylic acids is 1. The van der Waals surface area contributed by atoms with Gasteiger partial charge >= 0.3 is 0 Å². The van der Waals surface area contributed by atoms with Crippen LogP contribution < -0.4 is 4.72 Å². The number of amides is 1. The largest absolute Gasteiger partial charge is 0.361 e. The van der Waals surface area contributed by atoms with E-state index in [0.29, 0.717) is 19.6 Å². The van der Waals surface area contributed by atoms with Crippen LogP contribution in [0, 0.1) is 12.7 Å². The van der Waals surface area contributed by atoms with Crippen molar-refractivity contribution in [3.63, 3.8) is 0 Å². The van der Waals surface area contributed by atoms with Gasteiger partial charge in [0.05, 0.1) is 10.6 Å². The van der Waals surface area contributed by atoms with Gasteiger partial charge in [-0.15, -0.1) is 0 Å². The molecule has 1 aliphatic heterocycles. The van der Waals surface area contributed by atoms with Gasteiger partial charge in [0.25, 0.3) is 0 Å². The molecule has 1 aliphatic rings. The van der Waals surface area contributed by atoms with Crippen LogP contribution in [0.2, 0.25) is 0 Å². The minimum atomic E-state index is -3.76. The van der Waals surface area contributed by atoms with Gasteiger partial charge in [0, 0.05) is 51.8 Å². The average molecular weight is 410 g/mol. The predicted octanol–water partition coefficient (Wildman–Crippen LogP) is 1.13. The fraction of sp³-hybridized carbons (Fsp3) is 0.444. The number of rotatable bonds is 7. The van der Waals surface area contributed by atoms with E-state index in [1.165, 1.54) is 12.1 Å². The first kappa shape index (κ1) is 20.4. The average Bonchev–Trinajstić information content (AvgIpc) is 3.07. The summed E-state index contributed by atoms with van der Waals surface area (Å²) in [6.07, 6.45) is 0.0723. The van der Waals surface area contributed by atoms with Crippen LogP contribution in [0.5, 0.6) is 0 Å². The summed E-state index contributed by atoms with van der Waals surface area (Å²) < 4.78 is 44.6. The summed E-state index contributed by atoms with van der Waals surface area (Å²) in [6, 6.07) is 6.44. The molecule has 2 aromatic rings. The van der Waals surface area contributed by atoms with E-state index in [4.69, 9.17) is 4.52 Å². The Hall–Kier alpha value is -2.30. The predicted molar refractivity (Wildman–Crippen MR) is 99.3 cm³/mol. The molecule has 0 spiro atoms. The van der Waals surface area contributed by atoms with E-state index in [0.717, 1.165) is 36.7 Å². The Morgan fingerprint density at radius 3 is 2.50 bits per heavy atom. The van der Waals surface area contributed by atoms with E-state index in [1.807, 2.05) is 13.0 Å². The number of nitrogens with zero attached hydrogens (tertiary/aromatic N) is 3. The van der Waals surface area contributed by atoms with Crippen LogP contribution in [0.25, 0.3) is 0 Å². The topological polar surface area (TPSA) is 95.8 Å². The number of benzene rings is 1. The Labute approximate surface area is 163 Å². The van der Waals surface area contributed by atoms with Gasteiger partial charge in [-0.3, -0.25) is 9.69 Å². The van der Waals surface area contributed by atoms with Gasteiger partial charge < -0.3 is 9.42 Å². The van der Waals surface area contributed by atoms with Gasteiger partial charge in [-0.1, -0.05) is 5.16 Å². The molecule has 3 rings (SSSR count). The second-order valence-corrected chi connectivity index (χ2v) is 8.45. The molecule has 1 amide bonds. The molecule has 0 radical (unpaired) electrons. The Morgan fingerprint density at radius 2 is 1.89 bits per heavy atom. The molecule has 28 heavy (non-hydrogen) atoms. The lowest BCUT2D eigenvalue weighted by Gasteiger charge is -2.34. The monoisotopic (exact) mass is 410 g/mol. The lowest BCUT2D eigenvalue weighted by molar-refractivity contribution is -0.132. The molecule has 2 heterocycles. The third-order valence-electron chi connectivity index (χ3n) is 4.54. The summed E-state index contributed by atoms with van der Waals surface area (Å²) in [4.78, 5) is 16.2. The molecule has 0 atom stereocenters. The lowest BCUT2D eigenvalue weighted by Crippen LogP contribution is -2.48. The fourth-order valence-corrected chi connectivity index (χ4v) is 4.06. The van der Waals surface area contributed by atoms with Crippen molar-refractivity contribution < 1.29 is 22.1 Å². The van der Waals surface area contributed by atoms with Crippen LogP contribution in [0.15, 0.2) is 39.8 Å². The summed E-state index contributed by atoms with van der Waals surface area (Å²) in [7, 11) is -3.76. The van der Waals surface area contributed by atoms with Gasteiger partial charge in [0.1, 0.15) is 11.6 Å². The van der Waals surface area contributed by atoms with Gasteiger partial charge in [0.15, 0.2) is 0 Å². The number of carbonyl (C=O) groups is 1. The smallest absolute Gasteiger partial charge is 0.240 e. The maximum absolute atomic E-state index is 12.9. The number of halogens is 1. The molecular formula is C18H23FN4O4S. The van der Waals surface area contributed by atoms with Crippen molar-refractivity contribution in [2.75, 3.05) is 32.7 Å². The van der Waals surface area contributed by atoms with Crippen LogP contribution in [-0.2, 0) is 21.4 Å². The van der Waals surface area contributed by atoms with Crippen molar-refractivity contribution in [1.29, 1.82) is 0 Å². The van der Waals surface area contributed by atoms with Crippen LogP contribution in [0.1, 0.15) is 17.9 Å². The molecule has 10 heteroatoms. The van der Waals surface area contributed by atoms with E-state index in [-0.39, 0.29) is 23.8 Å². The maximum Gasteiger partial charge on any atom is 0.240 e. The van der Waals surface area contributed by atoms with E-state index in [9.17, 15) is 17.6 Å². The quantitative estimate of drug-likeness (QED) is 0.735. The number of aromatic nitrogens is 1. The molecule has 1 aromatic carbocycles. The van der Waals surface area contributed by atoms with Crippen molar-refractivity contribution in [3.8, 4) is 0 Å². The van der Waals surface area contributed by atoms with Crippen molar-refractivity contribution >= 4 is 15.9 Å². The number of hydrogen-bond acceptors (Lipinski definition) is 6. The van der Waals surface area contributed by atoms with Crippen molar-refractivity contribution in [2.24, 2.45) is 0 Å². The molecule has 1 N–H and O–H groups in total. The second kappa shape index (κ2) is 8.80. The van der Waals surface area contributed by atoms with E-state index in [2.05, 4.69) is 14.8 Å². The third-order valence-corrected chi connectivity index (χ3v) is 6.02. The standard InChI is InChI=1S/C18H23FN4O4S/c1-14-12-16(21-27-14)13-22-8-10-23(11-9-22)18(24)6-7-20-28(25,26)17-4-2-15(19)3-5-17/h2-5,12,20H,6-11,13H2,1H3. The number of piperazine rings is 1. The Balaban J connectivity index is 1.41. The normalized spacial score (nSPS) is 15.7. The first-order valence-corrected chi connectivity index (χ1v) is 10.5. The highest BCUT2D eigenvalue weighted by Gasteiger charge is 2.22. The zero-order valence-electron chi connectivity index (χ0n) is 15.6. The molecule has 0 unspecified atom stereocenters. The third kappa shape index (κ3) is 5.37. The number of sulfonamides is 1. The van der Waals surface area contributed by atoms with Crippen molar-refractivity contribution in [3.05, 3.63) is 47.6 Å². The molecule has 1 aromatic heterocycles.